The van der Waals surface area contributed by atoms with Gasteiger partial charge in [-0.15, -0.1) is 0 Å². The maximum atomic E-state index is 12.2. The summed E-state index contributed by atoms with van der Waals surface area (Å²) in [4.78, 5) is 24.3. The number of carbonyl (C=O) groups is 2. The molecule has 0 fully saturated rings. The number of nitrogens with one attached hydrogen (secondary N) is 1. The van der Waals surface area contributed by atoms with E-state index in [1.807, 2.05) is 32.0 Å². The standard InChI is InChI=1S/C20H22ClNO4/c1-13(2)25-17-10-8-15(9-11-17)20(24)26-14(3)19(23)22-12-16-6-4-5-7-18(16)21/h4-11,13-14H,12H2,1-3H3,(H,22,23)/t14-/m1/s1. The lowest BCUT2D eigenvalue weighted by molar-refractivity contribution is -0.129. The van der Waals surface area contributed by atoms with Crippen molar-refractivity contribution in [2.75, 3.05) is 0 Å². The smallest absolute Gasteiger partial charge is 0.338 e. The fourth-order valence-electron chi connectivity index (χ4n) is 2.19. The van der Waals surface area contributed by atoms with E-state index in [-0.39, 0.29) is 12.6 Å². The fourth-order valence-corrected chi connectivity index (χ4v) is 2.39. The third-order valence-corrected chi connectivity index (χ3v) is 3.89. The lowest BCUT2D eigenvalue weighted by Gasteiger charge is -2.14. The Balaban J connectivity index is 1.87. The topological polar surface area (TPSA) is 64.6 Å². The predicted molar refractivity (Wildman–Crippen MR) is 100 cm³/mol. The maximum absolute atomic E-state index is 12.2. The number of hydrogen-bond donors (Lipinski definition) is 1. The highest BCUT2D eigenvalue weighted by molar-refractivity contribution is 6.31. The molecule has 2 aromatic carbocycles. The molecule has 6 heteroatoms. The molecule has 2 aromatic rings. The van der Waals surface area contributed by atoms with Crippen LogP contribution in [0.5, 0.6) is 5.75 Å². The third-order valence-electron chi connectivity index (χ3n) is 3.53. The summed E-state index contributed by atoms with van der Waals surface area (Å²) < 4.78 is 10.7. The minimum atomic E-state index is -0.920. The minimum absolute atomic E-state index is 0.0506. The Labute approximate surface area is 158 Å². The second-order valence-electron chi connectivity index (χ2n) is 6.05. The van der Waals surface area contributed by atoms with Crippen LogP contribution in [0.15, 0.2) is 48.5 Å². The molecule has 0 aliphatic rings. The highest BCUT2D eigenvalue weighted by atomic mass is 35.5. The molecule has 5 nitrogen and oxygen atoms in total. The first-order valence-electron chi connectivity index (χ1n) is 8.35. The molecule has 2 rings (SSSR count). The van der Waals surface area contributed by atoms with Gasteiger partial charge in [0, 0.05) is 11.6 Å². The molecule has 0 spiro atoms. The van der Waals surface area contributed by atoms with Crippen LogP contribution in [0.1, 0.15) is 36.7 Å². The molecule has 0 unspecified atom stereocenters. The van der Waals surface area contributed by atoms with Crippen molar-refractivity contribution in [2.45, 2.75) is 39.5 Å². The van der Waals surface area contributed by atoms with Crippen LogP contribution in [0.4, 0.5) is 0 Å². The first kappa shape index (κ1) is 19.8. The number of rotatable bonds is 7. The summed E-state index contributed by atoms with van der Waals surface area (Å²) in [5.74, 6) is -0.290. The van der Waals surface area contributed by atoms with Crippen molar-refractivity contribution in [3.05, 3.63) is 64.7 Å². The summed E-state index contributed by atoms with van der Waals surface area (Å²) in [6.07, 6.45) is -0.869. The molecular formula is C20H22ClNO4. The molecular weight excluding hydrogens is 354 g/mol. The first-order valence-corrected chi connectivity index (χ1v) is 8.73. The lowest BCUT2D eigenvalue weighted by atomic mass is 10.2. The average molecular weight is 376 g/mol. The first-order chi connectivity index (χ1) is 12.4. The summed E-state index contributed by atoms with van der Waals surface area (Å²) in [5, 5.41) is 3.28. The Morgan fingerprint density at radius 3 is 2.31 bits per heavy atom. The molecule has 0 saturated heterocycles. The van der Waals surface area contributed by atoms with Gasteiger partial charge in [-0.3, -0.25) is 4.79 Å². The second kappa shape index (κ2) is 9.25. The number of amides is 1. The maximum Gasteiger partial charge on any atom is 0.338 e. The zero-order valence-corrected chi connectivity index (χ0v) is 15.7. The largest absolute Gasteiger partial charge is 0.491 e. The van der Waals surface area contributed by atoms with Crippen LogP contribution in [-0.2, 0) is 16.1 Å². The minimum Gasteiger partial charge on any atom is -0.491 e. The molecule has 26 heavy (non-hydrogen) atoms. The van der Waals surface area contributed by atoms with Crippen LogP contribution in [0, 0.1) is 0 Å². The van der Waals surface area contributed by atoms with Gasteiger partial charge in [0.1, 0.15) is 5.75 Å². The van der Waals surface area contributed by atoms with E-state index in [9.17, 15) is 9.59 Å². The number of esters is 1. The highest BCUT2D eigenvalue weighted by Crippen LogP contribution is 2.16. The van der Waals surface area contributed by atoms with Gasteiger partial charge >= 0.3 is 5.97 Å². The Bertz CT molecular complexity index is 759. The van der Waals surface area contributed by atoms with E-state index in [0.29, 0.717) is 16.3 Å². The van der Waals surface area contributed by atoms with Crippen molar-refractivity contribution in [2.24, 2.45) is 0 Å². The molecule has 1 N–H and O–H groups in total. The molecule has 138 valence electrons. The van der Waals surface area contributed by atoms with E-state index in [0.717, 1.165) is 5.56 Å². The molecule has 0 heterocycles. The van der Waals surface area contributed by atoms with E-state index >= 15 is 0 Å². The summed E-state index contributed by atoms with van der Waals surface area (Å²) in [5.41, 5.74) is 1.15. The predicted octanol–water partition coefficient (Wildman–Crippen LogP) is 3.99. The van der Waals surface area contributed by atoms with E-state index in [2.05, 4.69) is 5.32 Å². The van der Waals surface area contributed by atoms with Gasteiger partial charge in [0.05, 0.1) is 11.7 Å². The van der Waals surface area contributed by atoms with Crippen LogP contribution >= 0.6 is 11.6 Å². The Kier molecular flexibility index (Phi) is 7.04. The van der Waals surface area contributed by atoms with E-state index in [4.69, 9.17) is 21.1 Å². The summed E-state index contributed by atoms with van der Waals surface area (Å²) >= 11 is 6.05. The molecule has 0 aromatic heterocycles. The summed E-state index contributed by atoms with van der Waals surface area (Å²) in [6, 6.07) is 13.8. The van der Waals surface area contributed by atoms with Crippen LogP contribution in [-0.4, -0.2) is 24.1 Å². The van der Waals surface area contributed by atoms with Crippen molar-refractivity contribution < 1.29 is 19.1 Å². The second-order valence-corrected chi connectivity index (χ2v) is 6.45. The molecule has 0 aliphatic heterocycles. The molecule has 0 saturated carbocycles. The number of ether oxygens (including phenoxy) is 2. The van der Waals surface area contributed by atoms with Gasteiger partial charge in [0.2, 0.25) is 0 Å². The fraction of sp³-hybridized carbons (Fsp3) is 0.300. The summed E-state index contributed by atoms with van der Waals surface area (Å²) in [7, 11) is 0. The lowest BCUT2D eigenvalue weighted by Crippen LogP contribution is -2.35. The molecule has 0 radical (unpaired) electrons. The molecule has 1 amide bonds. The monoisotopic (exact) mass is 375 g/mol. The van der Waals surface area contributed by atoms with Gasteiger partial charge in [-0.25, -0.2) is 4.79 Å². The number of carbonyl (C=O) groups excluding carboxylic acids is 2. The van der Waals surface area contributed by atoms with Crippen molar-refractivity contribution in [3.63, 3.8) is 0 Å². The van der Waals surface area contributed by atoms with Crippen molar-refractivity contribution in [1.29, 1.82) is 0 Å². The highest BCUT2D eigenvalue weighted by Gasteiger charge is 2.19. The Morgan fingerprint density at radius 2 is 1.69 bits per heavy atom. The normalized spacial score (nSPS) is 11.7. The molecule has 0 bridgehead atoms. The number of benzene rings is 2. The quantitative estimate of drug-likeness (QED) is 0.743. The van der Waals surface area contributed by atoms with Gasteiger partial charge in [-0.1, -0.05) is 29.8 Å². The molecule has 0 aliphatic carbocycles. The van der Waals surface area contributed by atoms with Gasteiger partial charge in [0.25, 0.3) is 5.91 Å². The number of hydrogen-bond acceptors (Lipinski definition) is 4. The van der Waals surface area contributed by atoms with E-state index in [1.165, 1.54) is 6.92 Å². The summed E-state index contributed by atoms with van der Waals surface area (Å²) in [6.45, 7) is 5.63. The van der Waals surface area contributed by atoms with Gasteiger partial charge in [-0.2, -0.15) is 0 Å². The van der Waals surface area contributed by atoms with Crippen LogP contribution < -0.4 is 10.1 Å². The van der Waals surface area contributed by atoms with Gasteiger partial charge in [-0.05, 0) is 56.7 Å². The van der Waals surface area contributed by atoms with E-state index < -0.39 is 18.0 Å². The van der Waals surface area contributed by atoms with Gasteiger partial charge in [0.15, 0.2) is 6.10 Å². The Hall–Kier alpha value is -2.53. The van der Waals surface area contributed by atoms with Crippen molar-refractivity contribution in [3.8, 4) is 5.75 Å². The van der Waals surface area contributed by atoms with Crippen LogP contribution in [0.25, 0.3) is 0 Å². The third kappa shape index (κ3) is 5.77. The van der Waals surface area contributed by atoms with Crippen molar-refractivity contribution >= 4 is 23.5 Å². The van der Waals surface area contributed by atoms with Crippen LogP contribution in [0.3, 0.4) is 0 Å². The van der Waals surface area contributed by atoms with Crippen molar-refractivity contribution in [1.82, 2.24) is 5.32 Å². The zero-order valence-electron chi connectivity index (χ0n) is 15.0. The SMILES string of the molecule is CC(C)Oc1ccc(C(=O)O[C@H](C)C(=O)NCc2ccccc2Cl)cc1. The average Bonchev–Trinajstić information content (AvgIpc) is 2.60. The van der Waals surface area contributed by atoms with Gasteiger partial charge < -0.3 is 14.8 Å². The molecule has 1 atom stereocenters. The Morgan fingerprint density at radius 1 is 1.04 bits per heavy atom. The number of halogens is 1. The zero-order chi connectivity index (χ0) is 19.1. The van der Waals surface area contributed by atoms with Crippen LogP contribution in [0.2, 0.25) is 5.02 Å². The van der Waals surface area contributed by atoms with E-state index in [1.54, 1.807) is 30.3 Å².